The molecule has 0 radical (unpaired) electrons. The topological polar surface area (TPSA) is 91.0 Å². The molecule has 0 spiro atoms. The summed E-state index contributed by atoms with van der Waals surface area (Å²) >= 11 is 0. The van der Waals surface area contributed by atoms with Gasteiger partial charge in [0.25, 0.3) is 0 Å². The summed E-state index contributed by atoms with van der Waals surface area (Å²) in [5.74, 6) is -0.288. The average Bonchev–Trinajstić information content (AvgIpc) is 2.90. The Morgan fingerprint density at radius 2 is 2.45 bits per heavy atom. The molecule has 2 aliphatic heterocycles. The van der Waals surface area contributed by atoms with Crippen molar-refractivity contribution in [3.05, 3.63) is 24.9 Å². The first kappa shape index (κ1) is 14.4. The van der Waals surface area contributed by atoms with E-state index in [0.29, 0.717) is 12.8 Å². The van der Waals surface area contributed by atoms with Gasteiger partial charge in [-0.1, -0.05) is 6.58 Å². The Bertz CT molecular complexity index is 500. The lowest BCUT2D eigenvalue weighted by atomic mass is 10.2. The predicted octanol–water partition coefficient (Wildman–Crippen LogP) is 0.672. The number of aliphatic imine (C=N–C) groups is 1. The number of carbonyl (C=O) groups excluding carboxylic acids is 2. The van der Waals surface area contributed by atoms with Crippen molar-refractivity contribution >= 4 is 17.8 Å². The lowest BCUT2D eigenvalue weighted by Crippen LogP contribution is -2.53. The van der Waals surface area contributed by atoms with Gasteiger partial charge in [0.05, 0.1) is 13.2 Å². The number of carbonyl (C=O) groups is 2. The van der Waals surface area contributed by atoms with Gasteiger partial charge in [-0.15, -0.1) is 4.99 Å². The number of amides is 2. The highest BCUT2D eigenvalue weighted by atomic mass is 16.6. The highest BCUT2D eigenvalue weighted by Gasteiger charge is 2.46. The Kier molecular flexibility index (Phi) is 4.01. The van der Waals surface area contributed by atoms with Crippen LogP contribution in [0.2, 0.25) is 0 Å². The third-order valence-corrected chi connectivity index (χ3v) is 3.45. The van der Waals surface area contributed by atoms with Crippen LogP contribution in [0.5, 0.6) is 0 Å². The minimum Gasteiger partial charge on any atom is -0.460 e. The second kappa shape index (κ2) is 5.56. The minimum atomic E-state index is -0.483. The molecule has 0 aromatic heterocycles. The monoisotopic (exact) mass is 280 g/mol. The molecule has 1 saturated heterocycles. The van der Waals surface area contributed by atoms with E-state index < -0.39 is 5.97 Å². The van der Waals surface area contributed by atoms with Gasteiger partial charge in [-0.25, -0.2) is 9.59 Å². The van der Waals surface area contributed by atoms with Crippen molar-refractivity contribution < 1.29 is 23.5 Å². The van der Waals surface area contributed by atoms with Crippen molar-refractivity contribution in [3.63, 3.8) is 0 Å². The zero-order valence-corrected chi connectivity index (χ0v) is 11.3. The number of nitrogens with zero attached hydrogens (tertiary/aromatic N) is 2. The summed E-state index contributed by atoms with van der Waals surface area (Å²) in [5, 5.41) is 0. The van der Waals surface area contributed by atoms with E-state index in [1.165, 1.54) is 0 Å². The second-order valence-electron chi connectivity index (χ2n) is 4.91. The number of hydrogen-bond acceptors (Lipinski definition) is 5. The van der Waals surface area contributed by atoms with E-state index in [2.05, 4.69) is 11.6 Å². The van der Waals surface area contributed by atoms with Gasteiger partial charge < -0.3 is 15.2 Å². The number of urea groups is 1. The Labute approximate surface area is 116 Å². The average molecular weight is 280 g/mol. The Balaban J connectivity index is 1.96. The van der Waals surface area contributed by atoms with Gasteiger partial charge >= 0.3 is 12.0 Å². The van der Waals surface area contributed by atoms with Crippen LogP contribution in [0.25, 0.3) is 0 Å². The summed E-state index contributed by atoms with van der Waals surface area (Å²) in [6.07, 6.45) is 5.20. The third kappa shape index (κ3) is 2.78. The summed E-state index contributed by atoms with van der Waals surface area (Å²) in [6, 6.07) is -0.362. The minimum absolute atomic E-state index is 0.0768. The van der Waals surface area contributed by atoms with Gasteiger partial charge in [-0.05, 0) is 6.42 Å². The zero-order valence-electron chi connectivity index (χ0n) is 11.3. The van der Waals surface area contributed by atoms with E-state index in [1.807, 2.05) is 0 Å². The molecule has 2 aliphatic rings. The summed E-state index contributed by atoms with van der Waals surface area (Å²) in [7, 11) is 1.72. The Morgan fingerprint density at radius 3 is 3.10 bits per heavy atom. The second-order valence-corrected chi connectivity index (χ2v) is 4.91. The summed E-state index contributed by atoms with van der Waals surface area (Å²) in [6.45, 7) is 3.48. The van der Waals surface area contributed by atoms with Crippen molar-refractivity contribution in [2.75, 3.05) is 13.7 Å². The van der Waals surface area contributed by atoms with Crippen LogP contribution < -0.4 is 5.73 Å². The molecule has 2 heterocycles. The Hall–Kier alpha value is -1.99. The maximum absolute atomic E-state index is 12.0. The van der Waals surface area contributed by atoms with Crippen LogP contribution in [0.4, 0.5) is 4.79 Å². The lowest BCUT2D eigenvalue weighted by Gasteiger charge is -2.32. The van der Waals surface area contributed by atoms with Crippen molar-refractivity contribution in [1.29, 1.82) is 0 Å². The number of hydrogen-bond donors (Lipinski definition) is 1. The van der Waals surface area contributed by atoms with Gasteiger partial charge in [-0.3, -0.25) is 0 Å². The standard InChI is InChI=1S/C13H17N3O4/c1-3-12(17)19-8-9-4-5-11(20-9)16(2)7-6-10(14)15-13(16)18/h3,6-7,9,11H,1,4-5,8H2,2H3,(H-,14,15,18)/p+1. The lowest BCUT2D eigenvalue weighted by molar-refractivity contribution is -0.830. The molecular formula is C13H18N3O4+. The molecule has 20 heavy (non-hydrogen) atoms. The van der Waals surface area contributed by atoms with Crippen LogP contribution in [0.3, 0.4) is 0 Å². The van der Waals surface area contributed by atoms with Gasteiger partial charge in [0.2, 0.25) is 6.23 Å². The zero-order chi connectivity index (χ0) is 14.8. The van der Waals surface area contributed by atoms with E-state index in [0.717, 1.165) is 6.08 Å². The SMILES string of the molecule is C=CC(=O)OCC1CCC([N+]2(C)C=CC(N)=NC2=O)O1. The van der Waals surface area contributed by atoms with Gasteiger partial charge in [0.1, 0.15) is 18.6 Å². The van der Waals surface area contributed by atoms with Crippen LogP contribution in [-0.2, 0) is 14.3 Å². The summed E-state index contributed by atoms with van der Waals surface area (Å²) in [4.78, 5) is 26.8. The Morgan fingerprint density at radius 1 is 1.70 bits per heavy atom. The van der Waals surface area contributed by atoms with Crippen molar-refractivity contribution in [2.45, 2.75) is 25.2 Å². The number of amidine groups is 1. The molecule has 0 aromatic carbocycles. The fourth-order valence-electron chi connectivity index (χ4n) is 2.21. The van der Waals surface area contributed by atoms with E-state index in [1.54, 1.807) is 19.3 Å². The fourth-order valence-corrected chi connectivity index (χ4v) is 2.21. The maximum atomic E-state index is 12.0. The molecule has 7 heteroatoms. The molecule has 0 aliphatic carbocycles. The fraction of sp³-hybridized carbons (Fsp3) is 0.462. The van der Waals surface area contributed by atoms with Crippen molar-refractivity contribution in [2.24, 2.45) is 10.7 Å². The molecular weight excluding hydrogens is 262 g/mol. The van der Waals surface area contributed by atoms with Crippen LogP contribution >= 0.6 is 0 Å². The molecule has 3 unspecified atom stereocenters. The van der Waals surface area contributed by atoms with Crippen molar-refractivity contribution in [3.8, 4) is 0 Å². The highest BCUT2D eigenvalue weighted by Crippen LogP contribution is 2.30. The van der Waals surface area contributed by atoms with Gasteiger partial charge in [-0.2, -0.15) is 4.48 Å². The maximum Gasteiger partial charge on any atom is 0.451 e. The first-order valence-electron chi connectivity index (χ1n) is 6.34. The summed E-state index contributed by atoms with van der Waals surface area (Å²) in [5.41, 5.74) is 5.49. The number of esters is 1. The first-order chi connectivity index (χ1) is 9.45. The molecule has 2 N–H and O–H groups in total. The summed E-state index contributed by atoms with van der Waals surface area (Å²) < 4.78 is 10.7. The molecule has 0 aromatic rings. The molecule has 0 bridgehead atoms. The van der Waals surface area contributed by atoms with Crippen LogP contribution in [0.15, 0.2) is 29.9 Å². The highest BCUT2D eigenvalue weighted by molar-refractivity contribution is 5.99. The number of rotatable bonds is 4. The molecule has 3 atom stereocenters. The van der Waals surface area contributed by atoms with Crippen LogP contribution in [0, 0.1) is 0 Å². The molecule has 2 amide bonds. The van der Waals surface area contributed by atoms with Crippen LogP contribution in [0.1, 0.15) is 12.8 Å². The molecule has 7 nitrogen and oxygen atoms in total. The van der Waals surface area contributed by atoms with E-state index in [4.69, 9.17) is 15.2 Å². The quantitative estimate of drug-likeness (QED) is 0.464. The molecule has 2 rings (SSSR count). The smallest absolute Gasteiger partial charge is 0.451 e. The first-order valence-corrected chi connectivity index (χ1v) is 6.34. The number of ether oxygens (including phenoxy) is 2. The molecule has 1 fully saturated rings. The van der Waals surface area contributed by atoms with Crippen molar-refractivity contribution in [1.82, 2.24) is 0 Å². The predicted molar refractivity (Wildman–Crippen MR) is 71.4 cm³/mol. The van der Waals surface area contributed by atoms with E-state index in [-0.39, 0.29) is 35.3 Å². The van der Waals surface area contributed by atoms with E-state index >= 15 is 0 Å². The normalized spacial score (nSPS) is 32.9. The van der Waals surface area contributed by atoms with E-state index in [9.17, 15) is 9.59 Å². The number of quaternary nitrogens is 1. The van der Waals surface area contributed by atoms with Gasteiger partial charge in [0.15, 0.2) is 0 Å². The van der Waals surface area contributed by atoms with Crippen LogP contribution in [-0.4, -0.2) is 48.3 Å². The molecule has 0 saturated carbocycles. The molecule has 108 valence electrons. The largest absolute Gasteiger partial charge is 0.460 e. The van der Waals surface area contributed by atoms with Gasteiger partial charge in [0, 0.05) is 18.6 Å². The number of nitrogens with two attached hydrogens (primary N) is 1. The third-order valence-electron chi connectivity index (χ3n) is 3.45.